The highest BCUT2D eigenvalue weighted by Gasteiger charge is 2.36. The normalized spacial score (nSPS) is 13.2. The number of methoxy groups -OCH3 is 1. The van der Waals surface area contributed by atoms with Crippen LogP contribution in [0.3, 0.4) is 0 Å². The molecule has 19 heavy (non-hydrogen) atoms. The predicted molar refractivity (Wildman–Crippen MR) is 65.0 cm³/mol. The summed E-state index contributed by atoms with van der Waals surface area (Å²) in [6.07, 6.45) is -4.86. The SMILES string of the molecule is COc1c(CC(N)C(=O)O)cc(Br)cc1C(F)(F)F. The molecule has 0 amide bonds. The number of carbonyl (C=O) groups is 1. The molecular weight excluding hydrogens is 331 g/mol. The van der Waals surface area contributed by atoms with E-state index in [1.807, 2.05) is 0 Å². The Kier molecular flexibility index (Phi) is 4.81. The summed E-state index contributed by atoms with van der Waals surface area (Å²) in [7, 11) is 1.09. The van der Waals surface area contributed by atoms with Crippen molar-refractivity contribution < 1.29 is 27.8 Å². The smallest absolute Gasteiger partial charge is 0.420 e. The number of alkyl halides is 3. The lowest BCUT2D eigenvalue weighted by Crippen LogP contribution is -2.32. The van der Waals surface area contributed by atoms with Crippen molar-refractivity contribution in [2.24, 2.45) is 5.73 Å². The van der Waals surface area contributed by atoms with E-state index >= 15 is 0 Å². The molecule has 4 nitrogen and oxygen atoms in total. The quantitative estimate of drug-likeness (QED) is 0.882. The average Bonchev–Trinajstić information content (AvgIpc) is 2.26. The molecule has 0 fully saturated rings. The number of nitrogens with two attached hydrogens (primary N) is 1. The van der Waals surface area contributed by atoms with Crippen molar-refractivity contribution in [2.45, 2.75) is 18.6 Å². The zero-order valence-electron chi connectivity index (χ0n) is 9.79. The minimum absolute atomic E-state index is 0.0825. The van der Waals surface area contributed by atoms with E-state index in [0.29, 0.717) is 0 Å². The van der Waals surface area contributed by atoms with Crippen LogP contribution in [0.5, 0.6) is 5.75 Å². The lowest BCUT2D eigenvalue weighted by molar-refractivity contribution is -0.139. The van der Waals surface area contributed by atoms with Crippen molar-refractivity contribution >= 4 is 21.9 Å². The van der Waals surface area contributed by atoms with E-state index in [-0.39, 0.29) is 16.5 Å². The van der Waals surface area contributed by atoms with Crippen molar-refractivity contribution in [3.63, 3.8) is 0 Å². The van der Waals surface area contributed by atoms with Gasteiger partial charge in [-0.1, -0.05) is 15.9 Å². The summed E-state index contributed by atoms with van der Waals surface area (Å²) >= 11 is 2.95. The lowest BCUT2D eigenvalue weighted by Gasteiger charge is -2.17. The van der Waals surface area contributed by atoms with E-state index in [9.17, 15) is 18.0 Å². The second-order valence-electron chi connectivity index (χ2n) is 3.79. The van der Waals surface area contributed by atoms with Crippen molar-refractivity contribution in [1.29, 1.82) is 0 Å². The molecule has 0 aliphatic carbocycles. The monoisotopic (exact) mass is 341 g/mol. The molecule has 0 saturated carbocycles. The number of benzene rings is 1. The fourth-order valence-corrected chi connectivity index (χ4v) is 2.08. The first kappa shape index (κ1) is 15.8. The molecule has 8 heteroatoms. The number of carboxylic acid groups (broad SMARTS) is 1. The Labute approximate surface area is 115 Å². The molecule has 0 saturated heterocycles. The molecule has 0 aliphatic rings. The van der Waals surface area contributed by atoms with Crippen LogP contribution in [-0.4, -0.2) is 24.2 Å². The number of aliphatic carboxylic acids is 1. The highest BCUT2D eigenvalue weighted by atomic mass is 79.9. The van der Waals surface area contributed by atoms with E-state index in [0.717, 1.165) is 13.2 Å². The summed E-state index contributed by atoms with van der Waals surface area (Å²) in [5.41, 5.74) is 4.44. The third kappa shape index (κ3) is 3.84. The Morgan fingerprint density at radius 1 is 1.53 bits per heavy atom. The van der Waals surface area contributed by atoms with Crippen LogP contribution in [0, 0.1) is 0 Å². The molecule has 0 radical (unpaired) electrons. The highest BCUT2D eigenvalue weighted by Crippen LogP contribution is 2.40. The second kappa shape index (κ2) is 5.79. The van der Waals surface area contributed by atoms with Crippen LogP contribution in [0.2, 0.25) is 0 Å². The van der Waals surface area contributed by atoms with Crippen LogP contribution < -0.4 is 10.5 Å². The van der Waals surface area contributed by atoms with Crippen LogP contribution in [-0.2, 0) is 17.4 Å². The summed E-state index contributed by atoms with van der Waals surface area (Å²) in [6.45, 7) is 0. The minimum Gasteiger partial charge on any atom is -0.496 e. The Morgan fingerprint density at radius 3 is 2.53 bits per heavy atom. The minimum atomic E-state index is -4.60. The molecule has 1 aromatic rings. The summed E-state index contributed by atoms with van der Waals surface area (Å²) in [5, 5.41) is 8.71. The number of halogens is 4. The van der Waals surface area contributed by atoms with Gasteiger partial charge in [-0.3, -0.25) is 4.79 Å². The van der Waals surface area contributed by atoms with Gasteiger partial charge in [-0.05, 0) is 17.7 Å². The van der Waals surface area contributed by atoms with Gasteiger partial charge in [0.15, 0.2) is 0 Å². The van der Waals surface area contributed by atoms with E-state index < -0.39 is 29.5 Å². The fourth-order valence-electron chi connectivity index (χ4n) is 1.58. The Balaban J connectivity index is 3.31. The molecule has 0 aromatic heterocycles. The third-order valence-corrected chi connectivity index (χ3v) is 2.86. The van der Waals surface area contributed by atoms with Gasteiger partial charge in [0.2, 0.25) is 0 Å². The number of carboxylic acids is 1. The molecule has 0 aliphatic heterocycles. The number of hydrogen-bond acceptors (Lipinski definition) is 3. The summed E-state index contributed by atoms with van der Waals surface area (Å²) in [6, 6.07) is 0.926. The summed E-state index contributed by atoms with van der Waals surface area (Å²) < 4.78 is 43.5. The van der Waals surface area contributed by atoms with Gasteiger partial charge in [0, 0.05) is 10.9 Å². The van der Waals surface area contributed by atoms with Gasteiger partial charge in [0.1, 0.15) is 11.8 Å². The molecule has 1 rings (SSSR count). The Morgan fingerprint density at radius 2 is 2.11 bits per heavy atom. The van der Waals surface area contributed by atoms with Crippen molar-refractivity contribution in [3.8, 4) is 5.75 Å². The molecular formula is C11H11BrF3NO3. The van der Waals surface area contributed by atoms with E-state index in [1.54, 1.807) is 0 Å². The topological polar surface area (TPSA) is 72.5 Å². The molecule has 1 atom stereocenters. The Bertz CT molecular complexity index is 491. The molecule has 106 valence electrons. The fraction of sp³-hybridized carbons (Fsp3) is 0.364. The van der Waals surface area contributed by atoms with Crippen molar-refractivity contribution in [3.05, 3.63) is 27.7 Å². The lowest BCUT2D eigenvalue weighted by atomic mass is 10.0. The van der Waals surface area contributed by atoms with Gasteiger partial charge in [0.05, 0.1) is 12.7 Å². The van der Waals surface area contributed by atoms with Crippen LogP contribution in [0.25, 0.3) is 0 Å². The van der Waals surface area contributed by atoms with Crippen LogP contribution in [0.15, 0.2) is 16.6 Å². The number of rotatable bonds is 4. The highest BCUT2D eigenvalue weighted by molar-refractivity contribution is 9.10. The van der Waals surface area contributed by atoms with Crippen LogP contribution in [0.4, 0.5) is 13.2 Å². The van der Waals surface area contributed by atoms with Gasteiger partial charge in [0.25, 0.3) is 0 Å². The molecule has 0 bridgehead atoms. The number of ether oxygens (including phenoxy) is 1. The first-order valence-electron chi connectivity index (χ1n) is 5.08. The predicted octanol–water partition coefficient (Wildman–Crippen LogP) is 2.43. The first-order chi connectivity index (χ1) is 8.66. The standard InChI is InChI=1S/C11H11BrF3NO3/c1-19-9-5(3-8(16)10(17)18)2-6(12)4-7(9)11(13,14)15/h2,4,8H,3,16H2,1H3,(H,17,18). The first-order valence-corrected chi connectivity index (χ1v) is 5.88. The zero-order valence-corrected chi connectivity index (χ0v) is 11.4. The Hall–Kier alpha value is -1.28. The second-order valence-corrected chi connectivity index (χ2v) is 4.71. The summed E-state index contributed by atoms with van der Waals surface area (Å²) in [5.74, 6) is -1.71. The van der Waals surface area contributed by atoms with Gasteiger partial charge in [-0.15, -0.1) is 0 Å². The maximum Gasteiger partial charge on any atom is 0.420 e. The summed E-state index contributed by atoms with van der Waals surface area (Å²) in [4.78, 5) is 10.7. The van der Waals surface area contributed by atoms with E-state index in [1.165, 1.54) is 6.07 Å². The van der Waals surface area contributed by atoms with Crippen LogP contribution in [0.1, 0.15) is 11.1 Å². The van der Waals surface area contributed by atoms with Gasteiger partial charge in [-0.2, -0.15) is 13.2 Å². The molecule has 1 aromatic carbocycles. The van der Waals surface area contributed by atoms with Crippen molar-refractivity contribution in [1.82, 2.24) is 0 Å². The average molecular weight is 342 g/mol. The molecule has 0 spiro atoms. The maximum absolute atomic E-state index is 12.8. The van der Waals surface area contributed by atoms with Gasteiger partial charge < -0.3 is 15.6 Å². The van der Waals surface area contributed by atoms with E-state index in [2.05, 4.69) is 15.9 Å². The zero-order chi connectivity index (χ0) is 14.8. The van der Waals surface area contributed by atoms with E-state index in [4.69, 9.17) is 15.6 Å². The maximum atomic E-state index is 12.8. The number of hydrogen-bond donors (Lipinski definition) is 2. The van der Waals surface area contributed by atoms with Gasteiger partial charge >= 0.3 is 12.1 Å². The molecule has 3 N–H and O–H groups in total. The molecule has 1 unspecified atom stereocenters. The van der Waals surface area contributed by atoms with Crippen LogP contribution >= 0.6 is 15.9 Å². The largest absolute Gasteiger partial charge is 0.496 e. The van der Waals surface area contributed by atoms with Gasteiger partial charge in [-0.25, -0.2) is 0 Å². The molecule has 0 heterocycles. The third-order valence-electron chi connectivity index (χ3n) is 2.40. The van der Waals surface area contributed by atoms with Crippen molar-refractivity contribution in [2.75, 3.05) is 7.11 Å².